The van der Waals surface area contributed by atoms with E-state index in [0.29, 0.717) is 5.56 Å². The van der Waals surface area contributed by atoms with Crippen molar-refractivity contribution in [1.82, 2.24) is 0 Å². The van der Waals surface area contributed by atoms with Crippen LogP contribution in [0.25, 0.3) is 11.1 Å². The Hall–Kier alpha value is -2.17. The molecule has 0 atom stereocenters. The molecule has 0 heterocycles. The number of rotatable bonds is 3. The van der Waals surface area contributed by atoms with E-state index in [1.54, 1.807) is 12.1 Å². The standard InChI is InChI=1S/C15H13F3O2/c1-2-10-4-3-5-11(8-10)12-6-7-13(19)14(9-12)20-15(16,17)18/h3-9,19H,2H2,1H3. The van der Waals surface area contributed by atoms with Crippen molar-refractivity contribution < 1.29 is 23.0 Å². The molecule has 0 saturated heterocycles. The molecule has 2 aromatic rings. The first kappa shape index (κ1) is 14.2. The van der Waals surface area contributed by atoms with Crippen LogP contribution in [0, 0.1) is 0 Å². The van der Waals surface area contributed by atoms with Crippen molar-refractivity contribution >= 4 is 0 Å². The van der Waals surface area contributed by atoms with E-state index in [4.69, 9.17) is 0 Å². The minimum Gasteiger partial charge on any atom is -0.504 e. The molecule has 0 spiro atoms. The summed E-state index contributed by atoms with van der Waals surface area (Å²) in [6, 6.07) is 11.4. The van der Waals surface area contributed by atoms with Gasteiger partial charge in [-0.1, -0.05) is 37.3 Å². The molecule has 0 radical (unpaired) electrons. The van der Waals surface area contributed by atoms with Gasteiger partial charge in [-0.15, -0.1) is 13.2 Å². The van der Waals surface area contributed by atoms with Crippen LogP contribution in [0.4, 0.5) is 13.2 Å². The summed E-state index contributed by atoms with van der Waals surface area (Å²) in [4.78, 5) is 0. The Bertz CT molecular complexity index is 606. The maximum atomic E-state index is 12.2. The van der Waals surface area contributed by atoms with E-state index in [1.165, 1.54) is 12.1 Å². The molecule has 0 amide bonds. The van der Waals surface area contributed by atoms with Gasteiger partial charge in [-0.25, -0.2) is 0 Å². The lowest BCUT2D eigenvalue weighted by Crippen LogP contribution is -2.17. The highest BCUT2D eigenvalue weighted by Crippen LogP contribution is 2.35. The molecule has 2 aromatic carbocycles. The zero-order valence-corrected chi connectivity index (χ0v) is 10.7. The first-order chi connectivity index (χ1) is 9.39. The highest BCUT2D eigenvalue weighted by atomic mass is 19.4. The van der Waals surface area contributed by atoms with E-state index in [9.17, 15) is 18.3 Å². The molecular weight excluding hydrogens is 269 g/mol. The highest BCUT2D eigenvalue weighted by Gasteiger charge is 2.32. The molecule has 20 heavy (non-hydrogen) atoms. The summed E-state index contributed by atoms with van der Waals surface area (Å²) >= 11 is 0. The van der Waals surface area contributed by atoms with Crippen LogP contribution in [0.5, 0.6) is 11.5 Å². The SMILES string of the molecule is CCc1cccc(-c2ccc(O)c(OC(F)(F)F)c2)c1. The van der Waals surface area contributed by atoms with E-state index in [2.05, 4.69) is 4.74 Å². The average Bonchev–Trinajstić information content (AvgIpc) is 2.40. The largest absolute Gasteiger partial charge is 0.573 e. The minimum atomic E-state index is -4.83. The second-order valence-corrected chi connectivity index (χ2v) is 4.28. The van der Waals surface area contributed by atoms with Gasteiger partial charge in [-0.2, -0.15) is 0 Å². The fourth-order valence-electron chi connectivity index (χ4n) is 1.87. The number of hydrogen-bond donors (Lipinski definition) is 1. The predicted molar refractivity (Wildman–Crippen MR) is 69.6 cm³/mol. The summed E-state index contributed by atoms with van der Waals surface area (Å²) in [5.41, 5.74) is 2.41. The molecule has 0 fully saturated rings. The van der Waals surface area contributed by atoms with Crippen LogP contribution in [-0.2, 0) is 6.42 Å². The lowest BCUT2D eigenvalue weighted by Gasteiger charge is -2.12. The topological polar surface area (TPSA) is 29.5 Å². The molecule has 0 saturated carbocycles. The van der Waals surface area contributed by atoms with Gasteiger partial charge in [-0.3, -0.25) is 0 Å². The van der Waals surface area contributed by atoms with Crippen molar-refractivity contribution in [3.05, 3.63) is 48.0 Å². The molecule has 2 nitrogen and oxygen atoms in total. The Morgan fingerprint density at radius 1 is 1.05 bits per heavy atom. The van der Waals surface area contributed by atoms with Gasteiger partial charge >= 0.3 is 6.36 Å². The van der Waals surface area contributed by atoms with Gasteiger partial charge in [0.05, 0.1) is 0 Å². The number of alkyl halides is 3. The summed E-state index contributed by atoms with van der Waals surface area (Å²) in [5, 5.41) is 9.42. The molecule has 2 rings (SSSR count). The average molecular weight is 282 g/mol. The second-order valence-electron chi connectivity index (χ2n) is 4.28. The van der Waals surface area contributed by atoms with E-state index in [1.807, 2.05) is 25.1 Å². The number of aryl methyl sites for hydroxylation is 1. The Morgan fingerprint density at radius 3 is 2.40 bits per heavy atom. The van der Waals surface area contributed by atoms with Gasteiger partial charge in [0.15, 0.2) is 11.5 Å². The number of ether oxygens (including phenoxy) is 1. The van der Waals surface area contributed by atoms with Gasteiger partial charge in [0, 0.05) is 0 Å². The quantitative estimate of drug-likeness (QED) is 0.896. The summed E-state index contributed by atoms with van der Waals surface area (Å²) in [7, 11) is 0. The summed E-state index contributed by atoms with van der Waals surface area (Å²) in [5.74, 6) is -1.14. The number of phenolic OH excluding ortho intramolecular Hbond substituents is 1. The summed E-state index contributed by atoms with van der Waals surface area (Å²) in [6.07, 6.45) is -4.00. The minimum absolute atomic E-state index is 0.544. The van der Waals surface area contributed by atoms with Crippen LogP contribution in [0.2, 0.25) is 0 Å². The van der Waals surface area contributed by atoms with Crippen LogP contribution >= 0.6 is 0 Å². The van der Waals surface area contributed by atoms with Crippen LogP contribution in [0.1, 0.15) is 12.5 Å². The zero-order valence-electron chi connectivity index (χ0n) is 10.7. The van der Waals surface area contributed by atoms with Gasteiger partial charge in [-0.05, 0) is 35.2 Å². The third kappa shape index (κ3) is 3.44. The molecule has 0 aromatic heterocycles. The molecule has 0 aliphatic carbocycles. The highest BCUT2D eigenvalue weighted by molar-refractivity contribution is 5.67. The second kappa shape index (κ2) is 5.45. The zero-order chi connectivity index (χ0) is 14.8. The maximum absolute atomic E-state index is 12.2. The van der Waals surface area contributed by atoms with Gasteiger partial charge in [0.25, 0.3) is 0 Å². The predicted octanol–water partition coefficient (Wildman–Crippen LogP) is 4.52. The monoisotopic (exact) mass is 282 g/mol. The van der Waals surface area contributed by atoms with Crippen LogP contribution in [0.3, 0.4) is 0 Å². The van der Waals surface area contributed by atoms with Crippen LogP contribution in [-0.4, -0.2) is 11.5 Å². The van der Waals surface area contributed by atoms with Crippen molar-refractivity contribution in [1.29, 1.82) is 0 Å². The number of aromatic hydroxyl groups is 1. The van der Waals surface area contributed by atoms with Crippen molar-refractivity contribution in [2.75, 3.05) is 0 Å². The number of halogens is 3. The third-order valence-corrected chi connectivity index (χ3v) is 2.85. The first-order valence-electron chi connectivity index (χ1n) is 6.07. The van der Waals surface area contributed by atoms with Crippen LogP contribution < -0.4 is 4.74 Å². The van der Waals surface area contributed by atoms with E-state index < -0.39 is 17.9 Å². The van der Waals surface area contributed by atoms with E-state index in [0.717, 1.165) is 17.5 Å². The summed E-state index contributed by atoms with van der Waals surface area (Å²) in [6.45, 7) is 1.99. The molecule has 0 unspecified atom stereocenters. The Morgan fingerprint density at radius 2 is 1.75 bits per heavy atom. The Labute approximate surface area is 114 Å². The molecule has 0 aliphatic heterocycles. The fraction of sp³-hybridized carbons (Fsp3) is 0.200. The van der Waals surface area contributed by atoms with Gasteiger partial charge in [0.1, 0.15) is 0 Å². The molecule has 1 N–H and O–H groups in total. The number of benzene rings is 2. The van der Waals surface area contributed by atoms with Crippen molar-refractivity contribution in [2.45, 2.75) is 19.7 Å². The van der Waals surface area contributed by atoms with E-state index in [-0.39, 0.29) is 0 Å². The first-order valence-corrected chi connectivity index (χ1v) is 6.07. The lowest BCUT2D eigenvalue weighted by molar-refractivity contribution is -0.275. The summed E-state index contributed by atoms with van der Waals surface area (Å²) < 4.78 is 40.5. The number of hydrogen-bond acceptors (Lipinski definition) is 2. The van der Waals surface area contributed by atoms with E-state index >= 15 is 0 Å². The third-order valence-electron chi connectivity index (χ3n) is 2.85. The molecule has 106 valence electrons. The normalized spacial score (nSPS) is 11.4. The molecule has 5 heteroatoms. The lowest BCUT2D eigenvalue weighted by atomic mass is 10.0. The Balaban J connectivity index is 2.40. The van der Waals surface area contributed by atoms with Crippen molar-refractivity contribution in [3.8, 4) is 22.6 Å². The molecular formula is C15H13F3O2. The van der Waals surface area contributed by atoms with Crippen molar-refractivity contribution in [2.24, 2.45) is 0 Å². The van der Waals surface area contributed by atoms with Gasteiger partial charge in [0.2, 0.25) is 0 Å². The van der Waals surface area contributed by atoms with Crippen LogP contribution in [0.15, 0.2) is 42.5 Å². The van der Waals surface area contributed by atoms with Crippen molar-refractivity contribution in [3.63, 3.8) is 0 Å². The van der Waals surface area contributed by atoms with Gasteiger partial charge < -0.3 is 9.84 Å². The number of phenols is 1. The smallest absolute Gasteiger partial charge is 0.504 e. The fourth-order valence-corrected chi connectivity index (χ4v) is 1.87. The molecule has 0 bridgehead atoms. The Kier molecular flexibility index (Phi) is 3.88. The maximum Gasteiger partial charge on any atom is 0.573 e. The molecule has 0 aliphatic rings.